The molecule has 0 saturated carbocycles. The fraction of sp³-hybridized carbons (Fsp3) is 0.235. The summed E-state index contributed by atoms with van der Waals surface area (Å²) in [5, 5.41) is 0. The highest BCUT2D eigenvalue weighted by Gasteiger charge is 2.12. The number of rotatable bonds is 8. The molecule has 0 N–H and O–H groups in total. The van der Waals surface area contributed by atoms with Crippen LogP contribution in [0.3, 0.4) is 0 Å². The zero-order chi connectivity index (χ0) is 15.8. The van der Waals surface area contributed by atoms with Gasteiger partial charge in [-0.3, -0.25) is 4.79 Å². The maximum atomic E-state index is 10.9. The van der Waals surface area contributed by atoms with Crippen LogP contribution in [-0.2, 0) is 0 Å². The highest BCUT2D eigenvalue weighted by molar-refractivity contribution is 9.10. The Hall–Kier alpha value is -2.01. The average molecular weight is 365 g/mol. The van der Waals surface area contributed by atoms with Crippen molar-refractivity contribution in [1.82, 2.24) is 0 Å². The molecule has 2 aromatic rings. The molecule has 2 rings (SSSR count). The van der Waals surface area contributed by atoms with Crippen LogP contribution in [0.4, 0.5) is 0 Å². The molecule has 4 nitrogen and oxygen atoms in total. The van der Waals surface area contributed by atoms with Crippen molar-refractivity contribution < 1.29 is 19.0 Å². The van der Waals surface area contributed by atoms with Gasteiger partial charge in [-0.2, -0.15) is 0 Å². The van der Waals surface area contributed by atoms with Crippen molar-refractivity contribution >= 4 is 22.2 Å². The Balaban J connectivity index is 1.98. The van der Waals surface area contributed by atoms with E-state index in [1.54, 1.807) is 12.1 Å². The van der Waals surface area contributed by atoms with Crippen LogP contribution in [0.2, 0.25) is 0 Å². The summed E-state index contributed by atoms with van der Waals surface area (Å²) in [5.41, 5.74) is 0.531. The predicted octanol–water partition coefficient (Wildman–Crippen LogP) is 4.12. The van der Waals surface area contributed by atoms with Gasteiger partial charge in [0.25, 0.3) is 0 Å². The zero-order valence-corrected chi connectivity index (χ0v) is 13.8. The second-order valence-electron chi connectivity index (χ2n) is 4.39. The molecular weight excluding hydrogens is 348 g/mol. The van der Waals surface area contributed by atoms with E-state index >= 15 is 0 Å². The lowest BCUT2D eigenvalue weighted by molar-refractivity contribution is 0.112. The van der Waals surface area contributed by atoms with Gasteiger partial charge in [-0.05, 0) is 47.1 Å². The molecule has 0 amide bonds. The van der Waals surface area contributed by atoms with E-state index in [1.807, 2.05) is 37.3 Å². The first kappa shape index (κ1) is 16.4. The van der Waals surface area contributed by atoms with Gasteiger partial charge in [0.05, 0.1) is 11.1 Å². The first-order valence-electron chi connectivity index (χ1n) is 6.96. The van der Waals surface area contributed by atoms with Gasteiger partial charge in [-0.25, -0.2) is 0 Å². The fourth-order valence-corrected chi connectivity index (χ4v) is 2.45. The lowest BCUT2D eigenvalue weighted by Gasteiger charge is -2.14. The number of hydrogen-bond donors (Lipinski definition) is 0. The second-order valence-corrected chi connectivity index (χ2v) is 5.25. The van der Waals surface area contributed by atoms with E-state index in [9.17, 15) is 4.79 Å². The Kier molecular flexibility index (Phi) is 6.27. The third-order valence-corrected chi connectivity index (χ3v) is 3.40. The van der Waals surface area contributed by atoms with Crippen molar-refractivity contribution in [3.05, 3.63) is 52.5 Å². The largest absolute Gasteiger partial charge is 0.490 e. The number of para-hydroxylation sites is 1. The minimum absolute atomic E-state index is 0.369. The van der Waals surface area contributed by atoms with Crippen molar-refractivity contribution in [3.63, 3.8) is 0 Å². The summed E-state index contributed by atoms with van der Waals surface area (Å²) in [5.74, 6) is 1.91. The van der Waals surface area contributed by atoms with Crippen molar-refractivity contribution in [3.8, 4) is 17.2 Å². The van der Waals surface area contributed by atoms with Crippen molar-refractivity contribution in [2.45, 2.75) is 6.92 Å². The van der Waals surface area contributed by atoms with Crippen LogP contribution < -0.4 is 14.2 Å². The van der Waals surface area contributed by atoms with Crippen molar-refractivity contribution in [1.29, 1.82) is 0 Å². The molecule has 2 aromatic carbocycles. The Morgan fingerprint density at radius 3 is 2.45 bits per heavy atom. The second kappa shape index (κ2) is 8.44. The van der Waals surface area contributed by atoms with Gasteiger partial charge in [-0.1, -0.05) is 18.2 Å². The molecule has 0 heterocycles. The van der Waals surface area contributed by atoms with Crippen LogP contribution in [0.1, 0.15) is 17.3 Å². The SMILES string of the molecule is CCOc1cc(C=O)cc(Br)c1OCCOc1ccccc1. The van der Waals surface area contributed by atoms with E-state index in [-0.39, 0.29) is 0 Å². The van der Waals surface area contributed by atoms with Crippen molar-refractivity contribution in [2.75, 3.05) is 19.8 Å². The van der Waals surface area contributed by atoms with E-state index in [4.69, 9.17) is 14.2 Å². The molecule has 22 heavy (non-hydrogen) atoms. The van der Waals surface area contributed by atoms with Crippen LogP contribution >= 0.6 is 15.9 Å². The summed E-state index contributed by atoms with van der Waals surface area (Å²) in [7, 11) is 0. The van der Waals surface area contributed by atoms with Crippen LogP contribution in [0.15, 0.2) is 46.9 Å². The Bertz CT molecular complexity index is 614. The van der Waals surface area contributed by atoms with Crippen LogP contribution in [-0.4, -0.2) is 26.1 Å². The lowest BCUT2D eigenvalue weighted by atomic mass is 10.2. The molecular formula is C17H17BrO4. The number of halogens is 1. The number of benzene rings is 2. The monoisotopic (exact) mass is 364 g/mol. The number of ether oxygens (including phenoxy) is 3. The number of carbonyl (C=O) groups is 1. The Morgan fingerprint density at radius 1 is 1.05 bits per heavy atom. The summed E-state index contributed by atoms with van der Waals surface area (Å²) in [6.07, 6.45) is 0.773. The standard InChI is InChI=1S/C17H17BrO4/c1-2-20-16-11-13(12-19)10-15(18)17(16)22-9-8-21-14-6-4-3-5-7-14/h3-7,10-12H,2,8-9H2,1H3. The minimum atomic E-state index is 0.369. The quantitative estimate of drug-likeness (QED) is 0.522. The molecule has 116 valence electrons. The summed E-state index contributed by atoms with van der Waals surface area (Å²) < 4.78 is 17.5. The van der Waals surface area contributed by atoms with Crippen LogP contribution in [0, 0.1) is 0 Å². The summed E-state index contributed by atoms with van der Waals surface area (Å²) in [6, 6.07) is 12.9. The normalized spacial score (nSPS) is 10.1. The summed E-state index contributed by atoms with van der Waals surface area (Å²) in [6.45, 7) is 3.15. The van der Waals surface area contributed by atoms with Gasteiger partial charge in [-0.15, -0.1) is 0 Å². The Labute approximate surface area is 138 Å². The van der Waals surface area contributed by atoms with E-state index in [0.29, 0.717) is 41.4 Å². The summed E-state index contributed by atoms with van der Waals surface area (Å²) >= 11 is 3.40. The van der Waals surface area contributed by atoms with Gasteiger partial charge in [0.15, 0.2) is 11.5 Å². The van der Waals surface area contributed by atoms with E-state index in [1.165, 1.54) is 0 Å². The van der Waals surface area contributed by atoms with E-state index < -0.39 is 0 Å². The van der Waals surface area contributed by atoms with Crippen molar-refractivity contribution in [2.24, 2.45) is 0 Å². The molecule has 0 saturated heterocycles. The third kappa shape index (κ3) is 4.49. The molecule has 0 bridgehead atoms. The molecule has 0 aromatic heterocycles. The molecule has 0 fully saturated rings. The van der Waals surface area contributed by atoms with Gasteiger partial charge < -0.3 is 14.2 Å². The van der Waals surface area contributed by atoms with E-state index in [2.05, 4.69) is 15.9 Å². The van der Waals surface area contributed by atoms with Gasteiger partial charge in [0.1, 0.15) is 25.2 Å². The number of hydrogen-bond acceptors (Lipinski definition) is 4. The number of aldehydes is 1. The van der Waals surface area contributed by atoms with Gasteiger partial charge in [0, 0.05) is 5.56 Å². The molecule has 0 aliphatic heterocycles. The highest BCUT2D eigenvalue weighted by atomic mass is 79.9. The zero-order valence-electron chi connectivity index (χ0n) is 12.3. The Morgan fingerprint density at radius 2 is 1.77 bits per heavy atom. The molecule has 0 unspecified atom stereocenters. The van der Waals surface area contributed by atoms with Crippen LogP contribution in [0.25, 0.3) is 0 Å². The summed E-state index contributed by atoms with van der Waals surface area (Å²) in [4.78, 5) is 10.9. The maximum Gasteiger partial charge on any atom is 0.175 e. The average Bonchev–Trinajstić information content (AvgIpc) is 2.54. The molecule has 0 atom stereocenters. The smallest absolute Gasteiger partial charge is 0.175 e. The number of carbonyl (C=O) groups excluding carboxylic acids is 1. The molecule has 0 aliphatic rings. The van der Waals surface area contributed by atoms with Gasteiger partial charge in [0.2, 0.25) is 0 Å². The van der Waals surface area contributed by atoms with E-state index in [0.717, 1.165) is 12.0 Å². The lowest BCUT2D eigenvalue weighted by Crippen LogP contribution is -2.10. The highest BCUT2D eigenvalue weighted by Crippen LogP contribution is 2.36. The maximum absolute atomic E-state index is 10.9. The van der Waals surface area contributed by atoms with Gasteiger partial charge >= 0.3 is 0 Å². The topological polar surface area (TPSA) is 44.8 Å². The molecule has 0 aliphatic carbocycles. The third-order valence-electron chi connectivity index (χ3n) is 2.81. The fourth-order valence-electron chi connectivity index (χ4n) is 1.88. The molecule has 5 heteroatoms. The predicted molar refractivity (Wildman–Crippen MR) is 88.1 cm³/mol. The first-order chi connectivity index (χ1) is 10.7. The van der Waals surface area contributed by atoms with Crippen LogP contribution in [0.5, 0.6) is 17.2 Å². The molecule has 0 radical (unpaired) electrons. The minimum Gasteiger partial charge on any atom is -0.490 e. The molecule has 0 spiro atoms. The first-order valence-corrected chi connectivity index (χ1v) is 7.76.